The third-order valence-corrected chi connectivity index (χ3v) is 5.80. The number of hydrogen-bond acceptors (Lipinski definition) is 4. The van der Waals surface area contributed by atoms with Gasteiger partial charge in [0.15, 0.2) is 0 Å². The van der Waals surface area contributed by atoms with Crippen LogP contribution in [0, 0.1) is 5.92 Å². The van der Waals surface area contributed by atoms with E-state index in [2.05, 4.69) is 17.6 Å². The normalized spacial score (nSPS) is 21.2. The van der Waals surface area contributed by atoms with Crippen molar-refractivity contribution in [1.82, 2.24) is 15.5 Å². The Kier molecular flexibility index (Phi) is 5.45. The van der Waals surface area contributed by atoms with Crippen LogP contribution < -0.4 is 10.6 Å². The molecule has 2 N–H and O–H groups in total. The van der Waals surface area contributed by atoms with Crippen LogP contribution in [0.4, 0.5) is 0 Å². The average Bonchev–Trinajstić information content (AvgIpc) is 2.98. The van der Waals surface area contributed by atoms with Crippen molar-refractivity contribution in [2.75, 3.05) is 19.6 Å². The van der Waals surface area contributed by atoms with E-state index in [9.17, 15) is 14.4 Å². The molecular formula is C23H25N3O3. The number of nitrogens with one attached hydrogen (secondary N) is 2. The minimum atomic E-state index is -0.328. The standard InChI is InChI=1S/C23H25N3O3/c1-15-14-24-11-9-20(15)25-21(27)17-7-8-18-19(13-17)23(29)26(22(18)28)12-10-16-5-3-2-4-6-16/h2-8,13,15,20,24H,9-12,14H2,1H3,(H,25,27). The Balaban J connectivity index is 1.47. The van der Waals surface area contributed by atoms with Crippen molar-refractivity contribution in [3.05, 3.63) is 70.8 Å². The Labute approximate surface area is 170 Å². The lowest BCUT2D eigenvalue weighted by Gasteiger charge is -2.30. The summed E-state index contributed by atoms with van der Waals surface area (Å²) in [7, 11) is 0. The molecule has 2 unspecified atom stereocenters. The molecule has 150 valence electrons. The maximum absolute atomic E-state index is 12.8. The summed E-state index contributed by atoms with van der Waals surface area (Å²) in [6.45, 7) is 4.18. The second-order valence-electron chi connectivity index (χ2n) is 7.81. The van der Waals surface area contributed by atoms with Crippen LogP contribution in [-0.4, -0.2) is 48.3 Å². The quantitative estimate of drug-likeness (QED) is 0.767. The van der Waals surface area contributed by atoms with Crippen molar-refractivity contribution < 1.29 is 14.4 Å². The molecule has 0 aromatic heterocycles. The Morgan fingerprint density at radius 1 is 1.10 bits per heavy atom. The Bertz CT molecular complexity index is 942. The van der Waals surface area contributed by atoms with Crippen molar-refractivity contribution in [3.8, 4) is 0 Å². The predicted octanol–water partition coefficient (Wildman–Crippen LogP) is 2.25. The van der Waals surface area contributed by atoms with Crippen molar-refractivity contribution in [2.45, 2.75) is 25.8 Å². The van der Waals surface area contributed by atoms with Gasteiger partial charge in [-0.15, -0.1) is 0 Å². The molecule has 3 amide bonds. The van der Waals surface area contributed by atoms with Crippen LogP contribution in [0.2, 0.25) is 0 Å². The van der Waals surface area contributed by atoms with Crippen molar-refractivity contribution >= 4 is 17.7 Å². The summed E-state index contributed by atoms with van der Waals surface area (Å²) in [5.74, 6) is -0.473. The summed E-state index contributed by atoms with van der Waals surface area (Å²) in [5, 5.41) is 6.38. The van der Waals surface area contributed by atoms with E-state index in [4.69, 9.17) is 0 Å². The first-order valence-electron chi connectivity index (χ1n) is 10.1. The molecule has 2 atom stereocenters. The first-order chi connectivity index (χ1) is 14.0. The van der Waals surface area contributed by atoms with Crippen molar-refractivity contribution in [1.29, 1.82) is 0 Å². The number of amides is 3. The van der Waals surface area contributed by atoms with E-state index in [1.807, 2.05) is 30.3 Å². The van der Waals surface area contributed by atoms with Gasteiger partial charge in [0.05, 0.1) is 11.1 Å². The summed E-state index contributed by atoms with van der Waals surface area (Å²) >= 11 is 0. The number of carbonyl (C=O) groups excluding carboxylic acids is 3. The number of carbonyl (C=O) groups is 3. The van der Waals surface area contributed by atoms with Crippen LogP contribution in [0.15, 0.2) is 48.5 Å². The van der Waals surface area contributed by atoms with Gasteiger partial charge in [0, 0.05) is 18.2 Å². The van der Waals surface area contributed by atoms with Crippen LogP contribution in [0.3, 0.4) is 0 Å². The molecule has 2 aromatic carbocycles. The van der Waals surface area contributed by atoms with Gasteiger partial charge in [0.25, 0.3) is 17.7 Å². The topological polar surface area (TPSA) is 78.5 Å². The number of piperidine rings is 1. The first-order valence-corrected chi connectivity index (χ1v) is 10.1. The fraction of sp³-hybridized carbons (Fsp3) is 0.348. The Hall–Kier alpha value is -2.99. The summed E-state index contributed by atoms with van der Waals surface area (Å²) < 4.78 is 0. The van der Waals surface area contributed by atoms with Crippen molar-refractivity contribution in [2.24, 2.45) is 5.92 Å². The number of imide groups is 1. The second kappa shape index (κ2) is 8.17. The molecule has 0 radical (unpaired) electrons. The minimum Gasteiger partial charge on any atom is -0.349 e. The van der Waals surface area contributed by atoms with Crippen molar-refractivity contribution in [3.63, 3.8) is 0 Å². The van der Waals surface area contributed by atoms with Crippen LogP contribution >= 0.6 is 0 Å². The third-order valence-electron chi connectivity index (χ3n) is 5.80. The fourth-order valence-corrected chi connectivity index (χ4v) is 4.00. The average molecular weight is 391 g/mol. The van der Waals surface area contributed by atoms with E-state index in [1.54, 1.807) is 18.2 Å². The molecule has 1 saturated heterocycles. The van der Waals surface area contributed by atoms with Crippen LogP contribution in [0.5, 0.6) is 0 Å². The molecule has 0 saturated carbocycles. The lowest BCUT2D eigenvalue weighted by Crippen LogP contribution is -2.48. The van der Waals surface area contributed by atoms with E-state index < -0.39 is 0 Å². The van der Waals surface area contributed by atoms with Gasteiger partial charge in [-0.2, -0.15) is 0 Å². The molecule has 4 rings (SSSR count). The number of hydrogen-bond donors (Lipinski definition) is 2. The minimum absolute atomic E-state index is 0.108. The molecule has 6 heteroatoms. The maximum Gasteiger partial charge on any atom is 0.261 e. The zero-order chi connectivity index (χ0) is 20.4. The monoisotopic (exact) mass is 391 g/mol. The molecule has 2 aliphatic heterocycles. The molecule has 6 nitrogen and oxygen atoms in total. The lowest BCUT2D eigenvalue weighted by molar-refractivity contribution is 0.0656. The molecule has 1 fully saturated rings. The fourth-order valence-electron chi connectivity index (χ4n) is 4.00. The zero-order valence-corrected chi connectivity index (χ0v) is 16.5. The van der Waals surface area contributed by atoms with E-state index in [0.717, 1.165) is 25.1 Å². The van der Waals surface area contributed by atoms with Gasteiger partial charge < -0.3 is 10.6 Å². The van der Waals surface area contributed by atoms with Gasteiger partial charge in [-0.3, -0.25) is 19.3 Å². The van der Waals surface area contributed by atoms with Crippen LogP contribution in [0.25, 0.3) is 0 Å². The zero-order valence-electron chi connectivity index (χ0n) is 16.5. The molecule has 2 heterocycles. The summed E-state index contributed by atoms with van der Waals surface area (Å²) in [6, 6.07) is 14.6. The highest BCUT2D eigenvalue weighted by molar-refractivity contribution is 6.22. The highest BCUT2D eigenvalue weighted by atomic mass is 16.2. The number of nitrogens with zero attached hydrogens (tertiary/aromatic N) is 1. The molecule has 0 aliphatic carbocycles. The molecular weight excluding hydrogens is 366 g/mol. The largest absolute Gasteiger partial charge is 0.349 e. The smallest absolute Gasteiger partial charge is 0.261 e. The van der Waals surface area contributed by atoms with Crippen LogP contribution in [-0.2, 0) is 6.42 Å². The van der Waals surface area contributed by atoms with Gasteiger partial charge in [-0.05, 0) is 55.6 Å². The van der Waals surface area contributed by atoms with E-state index in [0.29, 0.717) is 35.6 Å². The Morgan fingerprint density at radius 2 is 1.86 bits per heavy atom. The van der Waals surface area contributed by atoms with E-state index >= 15 is 0 Å². The van der Waals surface area contributed by atoms with Gasteiger partial charge in [0.1, 0.15) is 0 Å². The van der Waals surface area contributed by atoms with Gasteiger partial charge in [-0.25, -0.2) is 0 Å². The lowest BCUT2D eigenvalue weighted by atomic mass is 9.95. The number of benzene rings is 2. The third kappa shape index (κ3) is 3.93. The molecule has 0 spiro atoms. The first kappa shape index (κ1) is 19.3. The SMILES string of the molecule is CC1CNCCC1NC(=O)c1ccc2c(c1)C(=O)N(CCc1ccccc1)C2=O. The Morgan fingerprint density at radius 3 is 2.62 bits per heavy atom. The summed E-state index contributed by atoms with van der Waals surface area (Å²) in [4.78, 5) is 39.4. The summed E-state index contributed by atoms with van der Waals surface area (Å²) in [5.41, 5.74) is 2.17. The van der Waals surface area contributed by atoms with E-state index in [-0.39, 0.29) is 23.8 Å². The predicted molar refractivity (Wildman–Crippen MR) is 110 cm³/mol. The molecule has 29 heavy (non-hydrogen) atoms. The van der Waals surface area contributed by atoms with Gasteiger partial charge >= 0.3 is 0 Å². The highest BCUT2D eigenvalue weighted by Crippen LogP contribution is 2.24. The number of fused-ring (bicyclic) bond motifs is 1. The molecule has 2 aliphatic rings. The second-order valence-corrected chi connectivity index (χ2v) is 7.81. The maximum atomic E-state index is 12.8. The van der Waals surface area contributed by atoms with Crippen LogP contribution in [0.1, 0.15) is 50.0 Å². The van der Waals surface area contributed by atoms with Gasteiger partial charge in [0.2, 0.25) is 0 Å². The van der Waals surface area contributed by atoms with E-state index in [1.165, 1.54) is 4.90 Å². The molecule has 0 bridgehead atoms. The molecule has 2 aromatic rings. The van der Waals surface area contributed by atoms with Gasteiger partial charge in [-0.1, -0.05) is 37.3 Å². The highest BCUT2D eigenvalue weighted by Gasteiger charge is 2.36. The number of rotatable bonds is 5. The summed E-state index contributed by atoms with van der Waals surface area (Å²) in [6.07, 6.45) is 1.48.